The molecule has 0 aliphatic carbocycles. The molecule has 2 aromatic heterocycles. The Hall–Kier alpha value is -3.08. The molecule has 0 saturated carbocycles. The Kier molecular flexibility index (Phi) is 7.21. The van der Waals surface area contributed by atoms with Crippen LogP contribution in [0, 0.1) is 6.92 Å². The van der Waals surface area contributed by atoms with Crippen LogP contribution in [0.15, 0.2) is 36.9 Å². The summed E-state index contributed by atoms with van der Waals surface area (Å²) in [5, 5.41) is 6.07. The number of fused-ring (bicyclic) bond motifs is 2. The van der Waals surface area contributed by atoms with Crippen LogP contribution in [-0.2, 0) is 25.5 Å². The molecule has 2 N–H and O–H groups in total. The van der Waals surface area contributed by atoms with Gasteiger partial charge in [-0.1, -0.05) is 42.7 Å². The quantitative estimate of drug-likeness (QED) is 0.573. The Morgan fingerprint density at radius 1 is 1.09 bits per heavy atom. The molecule has 4 atom stereocenters. The number of nitrogens with one attached hydrogen (secondary N) is 2. The van der Waals surface area contributed by atoms with E-state index in [1.54, 1.807) is 13.4 Å². The van der Waals surface area contributed by atoms with Gasteiger partial charge in [-0.2, -0.15) is 0 Å². The number of aryl methyl sites for hydroxylation is 1. The second kappa shape index (κ2) is 10.7. The molecule has 0 spiro atoms. The first-order valence-electron chi connectivity index (χ1n) is 12.2. The van der Waals surface area contributed by atoms with E-state index >= 15 is 0 Å². The van der Waals surface area contributed by atoms with Gasteiger partial charge in [0.2, 0.25) is 0 Å². The highest BCUT2D eigenvalue weighted by Gasteiger charge is 2.50. The number of imidazole rings is 1. The van der Waals surface area contributed by atoms with Crippen LogP contribution in [0.25, 0.3) is 11.2 Å². The summed E-state index contributed by atoms with van der Waals surface area (Å²) in [6, 6.07) is 8.31. The number of rotatable bonds is 5. The molecule has 2 aliphatic heterocycles. The SMILES string of the molecule is CNC(=O)[C@H]1O[C@@H](n2cnc3c(NCc4cccc(C)c4)ncnc32)[C@@H]2OCCCCCCO[C@@H]21. The third-order valence-electron chi connectivity index (χ3n) is 6.53. The van der Waals surface area contributed by atoms with Crippen LogP contribution in [-0.4, -0.2) is 64.0 Å². The fourth-order valence-corrected chi connectivity index (χ4v) is 4.75. The van der Waals surface area contributed by atoms with Crippen molar-refractivity contribution in [2.45, 2.75) is 63.7 Å². The molecule has 3 aromatic rings. The maximum absolute atomic E-state index is 12.7. The number of benzene rings is 1. The van der Waals surface area contributed by atoms with Crippen molar-refractivity contribution in [2.24, 2.45) is 0 Å². The predicted molar refractivity (Wildman–Crippen MR) is 130 cm³/mol. The highest BCUT2D eigenvalue weighted by molar-refractivity contribution is 5.83. The van der Waals surface area contributed by atoms with Gasteiger partial charge < -0.3 is 24.8 Å². The third kappa shape index (κ3) is 5.00. The normalized spacial score (nSPS) is 25.2. The standard InChI is InChI=1S/C25H32N6O4/c1-16-8-7-9-17(12-16)13-27-22-18-23(29-14-28-22)31(15-30-18)25-21-19(20(35-25)24(32)26-2)33-10-5-3-4-6-11-34-21/h7-9,12,14-15,19-21,25H,3-6,10-11,13H2,1-2H3,(H,26,32)(H,27,28,29)/t19-,20+,21-,25-/m1/s1. The summed E-state index contributed by atoms with van der Waals surface area (Å²) in [4.78, 5) is 26.2. The van der Waals surface area contributed by atoms with Crippen LogP contribution < -0.4 is 10.6 Å². The molecule has 5 rings (SSSR count). The summed E-state index contributed by atoms with van der Waals surface area (Å²) in [5.41, 5.74) is 3.59. The highest BCUT2D eigenvalue weighted by atomic mass is 16.6. The summed E-state index contributed by atoms with van der Waals surface area (Å²) in [7, 11) is 1.60. The zero-order chi connectivity index (χ0) is 24.2. The zero-order valence-electron chi connectivity index (χ0n) is 20.1. The Balaban J connectivity index is 1.44. The van der Waals surface area contributed by atoms with Gasteiger partial charge in [-0.25, -0.2) is 15.0 Å². The zero-order valence-corrected chi connectivity index (χ0v) is 20.1. The molecular formula is C25H32N6O4. The smallest absolute Gasteiger partial charge is 0.251 e. The molecule has 1 aromatic carbocycles. The van der Waals surface area contributed by atoms with Gasteiger partial charge >= 0.3 is 0 Å². The molecule has 4 heterocycles. The molecule has 0 radical (unpaired) electrons. The van der Waals surface area contributed by atoms with Gasteiger partial charge in [0.25, 0.3) is 5.91 Å². The molecule has 0 bridgehead atoms. The van der Waals surface area contributed by atoms with Crippen molar-refractivity contribution in [3.63, 3.8) is 0 Å². The van der Waals surface area contributed by atoms with Crippen LogP contribution in [0.5, 0.6) is 0 Å². The Morgan fingerprint density at radius 2 is 1.89 bits per heavy atom. The Morgan fingerprint density at radius 3 is 2.66 bits per heavy atom. The van der Waals surface area contributed by atoms with E-state index in [1.807, 2.05) is 10.6 Å². The van der Waals surface area contributed by atoms with Gasteiger partial charge in [-0.15, -0.1) is 0 Å². The Bertz CT molecular complexity index is 1170. The van der Waals surface area contributed by atoms with Crippen LogP contribution in [0.3, 0.4) is 0 Å². The van der Waals surface area contributed by atoms with E-state index in [-0.39, 0.29) is 5.91 Å². The van der Waals surface area contributed by atoms with Crippen molar-refractivity contribution in [1.29, 1.82) is 0 Å². The van der Waals surface area contributed by atoms with Gasteiger partial charge in [0, 0.05) is 26.8 Å². The minimum atomic E-state index is -0.785. The molecule has 1 amide bonds. The molecule has 2 fully saturated rings. The molecule has 186 valence electrons. The van der Waals surface area contributed by atoms with E-state index < -0.39 is 24.5 Å². The number of hydrogen-bond acceptors (Lipinski definition) is 8. The van der Waals surface area contributed by atoms with Crippen molar-refractivity contribution in [3.8, 4) is 0 Å². The summed E-state index contributed by atoms with van der Waals surface area (Å²) in [6.45, 7) is 3.82. The number of ether oxygens (including phenoxy) is 3. The van der Waals surface area contributed by atoms with E-state index in [0.29, 0.717) is 36.7 Å². The van der Waals surface area contributed by atoms with E-state index in [9.17, 15) is 4.79 Å². The van der Waals surface area contributed by atoms with E-state index in [0.717, 1.165) is 31.2 Å². The lowest BCUT2D eigenvalue weighted by atomic mass is 10.1. The number of anilines is 1. The molecule has 2 aliphatic rings. The van der Waals surface area contributed by atoms with Gasteiger partial charge in [-0.3, -0.25) is 9.36 Å². The fourth-order valence-electron chi connectivity index (χ4n) is 4.75. The molecular weight excluding hydrogens is 448 g/mol. The molecule has 0 unspecified atom stereocenters. The number of aromatic nitrogens is 4. The number of amides is 1. The minimum absolute atomic E-state index is 0.234. The third-order valence-corrected chi connectivity index (χ3v) is 6.53. The maximum atomic E-state index is 12.7. The fraction of sp³-hybridized carbons (Fsp3) is 0.520. The molecule has 35 heavy (non-hydrogen) atoms. The largest absolute Gasteiger partial charge is 0.372 e. The van der Waals surface area contributed by atoms with Crippen molar-refractivity contribution < 1.29 is 19.0 Å². The van der Waals surface area contributed by atoms with E-state index in [4.69, 9.17) is 14.2 Å². The first-order chi connectivity index (χ1) is 17.2. The van der Waals surface area contributed by atoms with Crippen molar-refractivity contribution in [2.75, 3.05) is 25.6 Å². The lowest BCUT2D eigenvalue weighted by molar-refractivity contribution is -0.139. The number of nitrogens with zero attached hydrogens (tertiary/aromatic N) is 4. The number of hydrogen-bond donors (Lipinski definition) is 2. The number of carbonyl (C=O) groups is 1. The van der Waals surface area contributed by atoms with Crippen LogP contribution in [0.4, 0.5) is 5.82 Å². The van der Waals surface area contributed by atoms with Crippen LogP contribution in [0.2, 0.25) is 0 Å². The average Bonchev–Trinajstić information content (AvgIpc) is 3.46. The molecule has 2 saturated heterocycles. The lowest BCUT2D eigenvalue weighted by Gasteiger charge is -2.26. The summed E-state index contributed by atoms with van der Waals surface area (Å²) in [6.07, 6.45) is 4.88. The summed E-state index contributed by atoms with van der Waals surface area (Å²) >= 11 is 0. The predicted octanol–water partition coefficient (Wildman–Crippen LogP) is 2.73. The number of carbonyl (C=O) groups excluding carboxylic acids is 1. The molecule has 10 nitrogen and oxygen atoms in total. The minimum Gasteiger partial charge on any atom is -0.372 e. The topological polar surface area (TPSA) is 112 Å². The van der Waals surface area contributed by atoms with Crippen molar-refractivity contribution in [3.05, 3.63) is 48.0 Å². The number of likely N-dealkylation sites (N-methyl/N-ethyl adjacent to an activating group) is 1. The first kappa shape index (κ1) is 23.7. The highest BCUT2D eigenvalue weighted by Crippen LogP contribution is 2.36. The summed E-state index contributed by atoms with van der Waals surface area (Å²) < 4.78 is 20.5. The van der Waals surface area contributed by atoms with Gasteiger partial charge in [-0.05, 0) is 25.3 Å². The van der Waals surface area contributed by atoms with Gasteiger partial charge in [0.15, 0.2) is 29.3 Å². The van der Waals surface area contributed by atoms with E-state index in [1.165, 1.54) is 11.9 Å². The lowest BCUT2D eigenvalue weighted by Crippen LogP contribution is -2.44. The van der Waals surface area contributed by atoms with Gasteiger partial charge in [0.1, 0.15) is 18.5 Å². The summed E-state index contributed by atoms with van der Waals surface area (Å²) in [5.74, 6) is 0.401. The average molecular weight is 481 g/mol. The monoisotopic (exact) mass is 480 g/mol. The Labute approximate surface area is 204 Å². The maximum Gasteiger partial charge on any atom is 0.251 e. The second-order valence-corrected chi connectivity index (χ2v) is 9.04. The van der Waals surface area contributed by atoms with Gasteiger partial charge in [0.05, 0.1) is 6.33 Å². The van der Waals surface area contributed by atoms with Crippen LogP contribution >= 0.6 is 0 Å². The molecule has 10 heteroatoms. The first-order valence-corrected chi connectivity index (χ1v) is 12.2. The second-order valence-electron chi connectivity index (χ2n) is 9.04. The van der Waals surface area contributed by atoms with Crippen molar-refractivity contribution >= 4 is 22.9 Å². The van der Waals surface area contributed by atoms with Crippen LogP contribution in [0.1, 0.15) is 43.0 Å². The van der Waals surface area contributed by atoms with E-state index in [2.05, 4.69) is 50.7 Å². The van der Waals surface area contributed by atoms with Crippen molar-refractivity contribution in [1.82, 2.24) is 24.8 Å².